The van der Waals surface area contributed by atoms with Crippen LogP contribution < -0.4 is 25.4 Å². The first-order chi connectivity index (χ1) is 15.2. The summed E-state index contributed by atoms with van der Waals surface area (Å²) in [5.41, 5.74) is 3.00. The van der Waals surface area contributed by atoms with Crippen molar-refractivity contribution >= 4 is 58.4 Å². The van der Waals surface area contributed by atoms with E-state index in [0.717, 1.165) is 11.1 Å². The molecule has 3 amide bonds. The Morgan fingerprint density at radius 1 is 1.19 bits per heavy atom. The van der Waals surface area contributed by atoms with Gasteiger partial charge in [0.1, 0.15) is 5.57 Å². The van der Waals surface area contributed by atoms with Gasteiger partial charge in [-0.3, -0.25) is 25.0 Å². The molecule has 1 saturated heterocycles. The van der Waals surface area contributed by atoms with Gasteiger partial charge >= 0.3 is 0 Å². The number of hydrogen-bond donors (Lipinski definition) is 3. The van der Waals surface area contributed by atoms with E-state index in [1.807, 2.05) is 26.0 Å². The Balaban J connectivity index is 1.77. The largest absolute Gasteiger partial charge is 0.493 e. The molecule has 32 heavy (non-hydrogen) atoms. The highest BCUT2D eigenvalue weighted by molar-refractivity contribution is 7.80. The van der Waals surface area contributed by atoms with Gasteiger partial charge in [0, 0.05) is 5.69 Å². The molecule has 1 heterocycles. The highest BCUT2D eigenvalue weighted by Crippen LogP contribution is 2.37. The van der Waals surface area contributed by atoms with Crippen molar-refractivity contribution in [3.8, 4) is 11.5 Å². The second-order valence-electron chi connectivity index (χ2n) is 6.91. The smallest absolute Gasteiger partial charge is 0.263 e. The second kappa shape index (κ2) is 9.80. The number of nitrogens with one attached hydrogen (secondary N) is 3. The number of ether oxygens (including phenoxy) is 2. The average molecular weight is 474 g/mol. The molecule has 0 saturated carbocycles. The van der Waals surface area contributed by atoms with Crippen molar-refractivity contribution in [1.29, 1.82) is 0 Å². The molecular weight excluding hydrogens is 454 g/mol. The molecule has 8 nitrogen and oxygen atoms in total. The lowest BCUT2D eigenvalue weighted by Crippen LogP contribution is -2.51. The molecule has 166 valence electrons. The monoisotopic (exact) mass is 473 g/mol. The van der Waals surface area contributed by atoms with Crippen LogP contribution in [0.2, 0.25) is 5.02 Å². The van der Waals surface area contributed by atoms with Gasteiger partial charge in [-0.05, 0) is 67.0 Å². The summed E-state index contributed by atoms with van der Waals surface area (Å²) < 4.78 is 10.9. The summed E-state index contributed by atoms with van der Waals surface area (Å²) in [6.45, 7) is 3.57. The number of rotatable bonds is 6. The summed E-state index contributed by atoms with van der Waals surface area (Å²) in [7, 11) is 1.41. The minimum Gasteiger partial charge on any atom is -0.493 e. The average Bonchev–Trinajstić information content (AvgIpc) is 2.72. The zero-order valence-corrected chi connectivity index (χ0v) is 19.1. The fourth-order valence-corrected chi connectivity index (χ4v) is 3.41. The first kappa shape index (κ1) is 23.2. The molecule has 0 bridgehead atoms. The Labute approximate surface area is 194 Å². The molecule has 0 unspecified atom stereocenters. The van der Waals surface area contributed by atoms with Crippen LogP contribution in [-0.2, 0) is 14.4 Å². The first-order valence-corrected chi connectivity index (χ1v) is 10.2. The molecule has 0 radical (unpaired) electrons. The lowest BCUT2D eigenvalue weighted by molar-refractivity contribution is -0.123. The van der Waals surface area contributed by atoms with Crippen LogP contribution in [0.4, 0.5) is 5.69 Å². The van der Waals surface area contributed by atoms with Gasteiger partial charge in [0.05, 0.1) is 12.1 Å². The summed E-state index contributed by atoms with van der Waals surface area (Å²) in [5.74, 6) is -1.23. The lowest BCUT2D eigenvalue weighted by atomic mass is 10.1. The zero-order chi connectivity index (χ0) is 23.4. The number of carbonyl (C=O) groups is 3. The maximum absolute atomic E-state index is 12.4. The van der Waals surface area contributed by atoms with E-state index in [2.05, 4.69) is 16.0 Å². The number of aryl methyl sites for hydroxylation is 1. The SMILES string of the molecule is COc1cc(C=C2C(=O)NC(=S)NC2=O)cc(Cl)c1OCC(=O)Nc1cccc(C)c1C. The number of anilines is 1. The van der Waals surface area contributed by atoms with Gasteiger partial charge in [0.15, 0.2) is 23.2 Å². The van der Waals surface area contributed by atoms with Crippen LogP contribution in [0.25, 0.3) is 6.08 Å². The van der Waals surface area contributed by atoms with Gasteiger partial charge in [-0.2, -0.15) is 0 Å². The van der Waals surface area contributed by atoms with Crippen LogP contribution in [0.15, 0.2) is 35.9 Å². The second-order valence-corrected chi connectivity index (χ2v) is 7.73. The van der Waals surface area contributed by atoms with Crippen molar-refractivity contribution in [3.63, 3.8) is 0 Å². The van der Waals surface area contributed by atoms with Crippen molar-refractivity contribution < 1.29 is 23.9 Å². The molecule has 0 aliphatic carbocycles. The van der Waals surface area contributed by atoms with E-state index in [4.69, 9.17) is 33.3 Å². The third-order valence-electron chi connectivity index (χ3n) is 4.73. The molecule has 1 aliphatic rings. The quantitative estimate of drug-likeness (QED) is 0.338. The van der Waals surface area contributed by atoms with Gasteiger partial charge in [-0.1, -0.05) is 23.7 Å². The van der Waals surface area contributed by atoms with Crippen molar-refractivity contribution in [3.05, 3.63) is 57.6 Å². The van der Waals surface area contributed by atoms with Crippen molar-refractivity contribution in [2.75, 3.05) is 19.0 Å². The molecule has 1 fully saturated rings. The van der Waals surface area contributed by atoms with Crippen molar-refractivity contribution in [2.24, 2.45) is 0 Å². The summed E-state index contributed by atoms with van der Waals surface area (Å²) in [6.07, 6.45) is 1.35. The fraction of sp³-hybridized carbons (Fsp3) is 0.182. The van der Waals surface area contributed by atoms with E-state index in [1.165, 1.54) is 25.3 Å². The van der Waals surface area contributed by atoms with Crippen LogP contribution in [0.5, 0.6) is 11.5 Å². The maximum Gasteiger partial charge on any atom is 0.263 e. The van der Waals surface area contributed by atoms with Crippen LogP contribution in [0.1, 0.15) is 16.7 Å². The summed E-state index contributed by atoms with van der Waals surface area (Å²) >= 11 is 11.1. The zero-order valence-electron chi connectivity index (χ0n) is 17.5. The van der Waals surface area contributed by atoms with Gasteiger partial charge in [-0.25, -0.2) is 0 Å². The molecule has 2 aromatic carbocycles. The predicted molar refractivity (Wildman–Crippen MR) is 125 cm³/mol. The highest BCUT2D eigenvalue weighted by atomic mass is 35.5. The van der Waals surface area contributed by atoms with Crippen LogP contribution in [0.3, 0.4) is 0 Å². The number of benzene rings is 2. The normalized spacial score (nSPS) is 13.2. The van der Waals surface area contributed by atoms with Gasteiger partial charge < -0.3 is 14.8 Å². The Morgan fingerprint density at radius 3 is 2.53 bits per heavy atom. The molecule has 1 aliphatic heterocycles. The first-order valence-electron chi connectivity index (χ1n) is 9.44. The van der Waals surface area contributed by atoms with E-state index in [1.54, 1.807) is 6.07 Å². The van der Waals surface area contributed by atoms with Crippen molar-refractivity contribution in [1.82, 2.24) is 10.6 Å². The Kier molecular flexibility index (Phi) is 7.12. The Bertz CT molecular complexity index is 1140. The lowest BCUT2D eigenvalue weighted by Gasteiger charge is -2.17. The number of methoxy groups -OCH3 is 1. The molecule has 3 N–H and O–H groups in total. The van der Waals surface area contributed by atoms with Gasteiger partial charge in [-0.15, -0.1) is 0 Å². The number of halogens is 1. The Hall–Kier alpha value is -3.43. The Morgan fingerprint density at radius 2 is 1.88 bits per heavy atom. The van der Waals surface area contributed by atoms with Gasteiger partial charge in [0.25, 0.3) is 17.7 Å². The third kappa shape index (κ3) is 5.24. The molecule has 2 aromatic rings. The van der Waals surface area contributed by atoms with E-state index < -0.39 is 11.8 Å². The van der Waals surface area contributed by atoms with E-state index in [9.17, 15) is 14.4 Å². The van der Waals surface area contributed by atoms with Crippen LogP contribution >= 0.6 is 23.8 Å². The van der Waals surface area contributed by atoms with E-state index in [-0.39, 0.29) is 39.7 Å². The molecule has 0 aromatic heterocycles. The van der Waals surface area contributed by atoms with Crippen molar-refractivity contribution in [2.45, 2.75) is 13.8 Å². The van der Waals surface area contributed by atoms with E-state index in [0.29, 0.717) is 11.3 Å². The maximum atomic E-state index is 12.4. The topological polar surface area (TPSA) is 106 Å². The van der Waals surface area contributed by atoms with E-state index >= 15 is 0 Å². The number of thiocarbonyl (C=S) groups is 1. The number of carbonyl (C=O) groups excluding carboxylic acids is 3. The summed E-state index contributed by atoms with van der Waals surface area (Å²) in [4.78, 5) is 36.4. The minimum absolute atomic E-state index is 0.0596. The minimum atomic E-state index is -0.628. The molecular formula is C22H20ClN3O5S. The standard InChI is InChI=1S/C22H20ClN3O5S/c1-11-5-4-6-16(12(11)2)24-18(27)10-31-19-15(23)8-13(9-17(19)30-3)7-14-20(28)25-22(32)26-21(14)29/h4-9H,10H2,1-3H3,(H,24,27)(H2,25,26,28,29,32). The third-order valence-corrected chi connectivity index (χ3v) is 5.22. The van der Waals surface area contributed by atoms with Crippen LogP contribution in [0, 0.1) is 13.8 Å². The number of amides is 3. The predicted octanol–water partition coefficient (Wildman–Crippen LogP) is 2.90. The number of hydrogen-bond acceptors (Lipinski definition) is 6. The van der Waals surface area contributed by atoms with Crippen LogP contribution in [-0.4, -0.2) is 36.6 Å². The summed E-state index contributed by atoms with van der Waals surface area (Å²) in [6, 6.07) is 8.64. The molecule has 0 atom stereocenters. The molecule has 10 heteroatoms. The molecule has 0 spiro atoms. The highest BCUT2D eigenvalue weighted by Gasteiger charge is 2.26. The fourth-order valence-electron chi connectivity index (χ4n) is 2.95. The van der Waals surface area contributed by atoms with Gasteiger partial charge in [0.2, 0.25) is 0 Å². The molecule has 3 rings (SSSR count). The summed E-state index contributed by atoms with van der Waals surface area (Å²) in [5, 5.41) is 7.59.